The van der Waals surface area contributed by atoms with Crippen molar-refractivity contribution in [2.45, 2.75) is 31.6 Å². The van der Waals surface area contributed by atoms with Gasteiger partial charge < -0.3 is 10.1 Å². The number of hydrogen-bond donors (Lipinski definition) is 1. The Bertz CT molecular complexity index is 933. The van der Waals surface area contributed by atoms with Gasteiger partial charge in [0.2, 0.25) is 5.91 Å². The fraction of sp³-hybridized carbons (Fsp3) is 0.318. The zero-order chi connectivity index (χ0) is 19.7. The minimum atomic E-state index is -0.876. The first kappa shape index (κ1) is 18.6. The number of ketones is 1. The van der Waals surface area contributed by atoms with Gasteiger partial charge in [-0.1, -0.05) is 36.4 Å². The average molecular weight is 395 g/mol. The first-order valence-corrected chi connectivity index (χ1v) is 10.3. The number of carbonyl (C=O) groups excluding carboxylic acids is 3. The van der Waals surface area contributed by atoms with Crippen molar-refractivity contribution in [1.29, 1.82) is 0 Å². The third kappa shape index (κ3) is 3.29. The van der Waals surface area contributed by atoms with E-state index in [0.29, 0.717) is 17.7 Å². The van der Waals surface area contributed by atoms with Crippen molar-refractivity contribution in [3.8, 4) is 0 Å². The molecule has 144 valence electrons. The molecule has 1 N–H and O–H groups in total. The second-order valence-electron chi connectivity index (χ2n) is 7.03. The van der Waals surface area contributed by atoms with Gasteiger partial charge in [0.05, 0.1) is 6.61 Å². The van der Waals surface area contributed by atoms with Crippen LogP contribution in [0.1, 0.15) is 42.0 Å². The highest BCUT2D eigenvalue weighted by Crippen LogP contribution is 2.46. The first-order valence-electron chi connectivity index (χ1n) is 9.42. The van der Waals surface area contributed by atoms with Gasteiger partial charge in [-0.25, -0.2) is 0 Å². The molecule has 0 radical (unpaired) electrons. The lowest BCUT2D eigenvalue weighted by atomic mass is 9.69. The summed E-state index contributed by atoms with van der Waals surface area (Å²) in [7, 11) is 0. The molecule has 0 saturated heterocycles. The Morgan fingerprint density at radius 1 is 1.14 bits per heavy atom. The number of amides is 1. The predicted molar refractivity (Wildman–Crippen MR) is 106 cm³/mol. The second kappa shape index (κ2) is 7.72. The molecule has 4 rings (SSSR count). The van der Waals surface area contributed by atoms with Crippen LogP contribution in [0.5, 0.6) is 0 Å². The Hall–Kier alpha value is -2.73. The second-order valence-corrected chi connectivity index (χ2v) is 8.01. The number of rotatable bonds is 4. The Balaban J connectivity index is 1.81. The maximum atomic E-state index is 13.6. The van der Waals surface area contributed by atoms with Gasteiger partial charge in [-0.2, -0.15) is 0 Å². The van der Waals surface area contributed by atoms with Crippen molar-refractivity contribution in [3.05, 3.63) is 69.6 Å². The molecule has 1 amide bonds. The molecule has 0 spiro atoms. The minimum absolute atomic E-state index is 0.0973. The summed E-state index contributed by atoms with van der Waals surface area (Å²) in [5.74, 6) is -2.34. The van der Waals surface area contributed by atoms with Gasteiger partial charge in [0, 0.05) is 34.4 Å². The standard InChI is InChI=1S/C22H21NO4S/c1-2-27-22(26)20-15(17-9-6-10-28-17)11-16-19(21(20)25)14(12-18(24)23-16)13-7-4-3-5-8-13/h3-10,14-15,20H,2,11-12H2,1H3,(H,23,24)/t14-,15-,20+/m1/s1. The van der Waals surface area contributed by atoms with Gasteiger partial charge in [-0.05, 0) is 30.4 Å². The van der Waals surface area contributed by atoms with Crippen LogP contribution >= 0.6 is 11.3 Å². The van der Waals surface area contributed by atoms with Crippen LogP contribution in [0.2, 0.25) is 0 Å². The van der Waals surface area contributed by atoms with Crippen molar-refractivity contribution in [2.24, 2.45) is 5.92 Å². The SMILES string of the molecule is CCOC(=O)[C@@H]1C(=O)C2=C(C[C@@H]1c1cccs1)NC(=O)C[C@@H]2c1ccccc1. The van der Waals surface area contributed by atoms with Crippen molar-refractivity contribution in [2.75, 3.05) is 6.61 Å². The smallest absolute Gasteiger partial charge is 0.317 e. The Labute approximate surface area is 167 Å². The largest absolute Gasteiger partial charge is 0.465 e. The van der Waals surface area contributed by atoms with E-state index >= 15 is 0 Å². The normalized spacial score (nSPS) is 24.5. The van der Waals surface area contributed by atoms with Crippen molar-refractivity contribution in [1.82, 2.24) is 5.32 Å². The van der Waals surface area contributed by atoms with Crippen LogP contribution in [0, 0.1) is 5.92 Å². The molecule has 6 heteroatoms. The third-order valence-corrected chi connectivity index (χ3v) is 6.38. The molecule has 0 saturated carbocycles. The van der Waals surface area contributed by atoms with Crippen LogP contribution in [0.3, 0.4) is 0 Å². The average Bonchev–Trinajstić information content (AvgIpc) is 3.22. The number of Topliss-reactive ketones (excluding diaryl/α,β-unsaturated/α-hetero) is 1. The van der Waals surface area contributed by atoms with E-state index in [1.165, 1.54) is 11.3 Å². The van der Waals surface area contributed by atoms with Crippen molar-refractivity contribution >= 4 is 29.0 Å². The summed E-state index contributed by atoms with van der Waals surface area (Å²) in [5.41, 5.74) is 2.11. The summed E-state index contributed by atoms with van der Waals surface area (Å²) in [6, 6.07) is 13.4. The Morgan fingerprint density at radius 2 is 1.93 bits per heavy atom. The van der Waals surface area contributed by atoms with Crippen LogP contribution < -0.4 is 5.32 Å². The highest BCUT2D eigenvalue weighted by atomic mass is 32.1. The Morgan fingerprint density at radius 3 is 2.61 bits per heavy atom. The van der Waals surface area contributed by atoms with E-state index in [-0.39, 0.29) is 36.6 Å². The summed E-state index contributed by atoms with van der Waals surface area (Å²) >= 11 is 1.51. The number of carbonyl (C=O) groups is 3. The lowest BCUT2D eigenvalue weighted by Crippen LogP contribution is -2.44. The lowest BCUT2D eigenvalue weighted by Gasteiger charge is -2.37. The molecule has 2 heterocycles. The molecule has 3 atom stereocenters. The molecule has 5 nitrogen and oxygen atoms in total. The number of esters is 1. The molecule has 28 heavy (non-hydrogen) atoms. The number of allylic oxidation sites excluding steroid dienone is 2. The van der Waals surface area contributed by atoms with Gasteiger partial charge >= 0.3 is 5.97 Å². The van der Waals surface area contributed by atoms with Crippen LogP contribution in [-0.2, 0) is 19.1 Å². The molecule has 1 aromatic carbocycles. The molecule has 2 aromatic rings. The van der Waals surface area contributed by atoms with E-state index in [9.17, 15) is 14.4 Å². The molecule has 1 aromatic heterocycles. The van der Waals surface area contributed by atoms with Crippen molar-refractivity contribution in [3.63, 3.8) is 0 Å². The zero-order valence-electron chi connectivity index (χ0n) is 15.5. The number of ether oxygens (including phenoxy) is 1. The monoisotopic (exact) mass is 395 g/mol. The number of hydrogen-bond acceptors (Lipinski definition) is 5. The van der Waals surface area contributed by atoms with E-state index in [2.05, 4.69) is 5.32 Å². The predicted octanol–water partition coefficient (Wildman–Crippen LogP) is 3.54. The highest BCUT2D eigenvalue weighted by molar-refractivity contribution is 7.10. The van der Waals surface area contributed by atoms with E-state index in [1.54, 1.807) is 6.92 Å². The number of thiophene rings is 1. The molecule has 2 aliphatic rings. The molecular weight excluding hydrogens is 374 g/mol. The fourth-order valence-corrected chi connectivity index (χ4v) is 5.06. The van der Waals surface area contributed by atoms with E-state index < -0.39 is 11.9 Å². The van der Waals surface area contributed by atoms with Crippen LogP contribution in [-0.4, -0.2) is 24.3 Å². The number of nitrogens with one attached hydrogen (secondary N) is 1. The molecule has 0 unspecified atom stereocenters. The molecular formula is C22H21NO4S. The van der Waals surface area contributed by atoms with Gasteiger partial charge in [0.25, 0.3) is 0 Å². The maximum Gasteiger partial charge on any atom is 0.317 e. The van der Waals surface area contributed by atoms with Crippen molar-refractivity contribution < 1.29 is 19.1 Å². The van der Waals surface area contributed by atoms with Crippen LogP contribution in [0.15, 0.2) is 59.1 Å². The zero-order valence-corrected chi connectivity index (χ0v) is 16.3. The summed E-state index contributed by atoms with van der Waals surface area (Å²) in [5, 5.41) is 4.83. The lowest BCUT2D eigenvalue weighted by molar-refractivity contribution is -0.152. The van der Waals surface area contributed by atoms with Gasteiger partial charge in [-0.15, -0.1) is 11.3 Å². The fourth-order valence-electron chi connectivity index (χ4n) is 4.19. The van der Waals surface area contributed by atoms with Gasteiger partial charge in [-0.3, -0.25) is 14.4 Å². The topological polar surface area (TPSA) is 72.5 Å². The summed E-state index contributed by atoms with van der Waals surface area (Å²) < 4.78 is 5.26. The molecule has 0 fully saturated rings. The molecule has 1 aliphatic heterocycles. The minimum Gasteiger partial charge on any atom is -0.465 e. The maximum absolute atomic E-state index is 13.6. The quantitative estimate of drug-likeness (QED) is 0.635. The van der Waals surface area contributed by atoms with Crippen LogP contribution in [0.4, 0.5) is 0 Å². The Kier molecular flexibility index (Phi) is 5.13. The van der Waals surface area contributed by atoms with E-state index in [0.717, 1.165) is 10.4 Å². The van der Waals surface area contributed by atoms with Gasteiger partial charge in [0.15, 0.2) is 5.78 Å². The van der Waals surface area contributed by atoms with Crippen LogP contribution in [0.25, 0.3) is 0 Å². The number of benzene rings is 1. The third-order valence-electron chi connectivity index (χ3n) is 5.38. The van der Waals surface area contributed by atoms with E-state index in [1.807, 2.05) is 47.8 Å². The van der Waals surface area contributed by atoms with E-state index in [4.69, 9.17) is 4.74 Å². The first-order chi connectivity index (χ1) is 13.6. The molecule has 1 aliphatic carbocycles. The highest BCUT2D eigenvalue weighted by Gasteiger charge is 2.47. The summed E-state index contributed by atoms with van der Waals surface area (Å²) in [6.45, 7) is 1.97. The molecule has 0 bridgehead atoms. The van der Waals surface area contributed by atoms with Gasteiger partial charge in [0.1, 0.15) is 5.92 Å². The summed E-state index contributed by atoms with van der Waals surface area (Å²) in [6.07, 6.45) is 0.647. The summed E-state index contributed by atoms with van der Waals surface area (Å²) in [4.78, 5) is 39.6.